The van der Waals surface area contributed by atoms with E-state index in [0.29, 0.717) is 29.5 Å². The predicted molar refractivity (Wildman–Crippen MR) is 120 cm³/mol. The number of piperidine rings is 1. The monoisotopic (exact) mass is 440 g/mol. The Morgan fingerprint density at radius 3 is 2.84 bits per heavy atom. The summed E-state index contributed by atoms with van der Waals surface area (Å²) < 4.78 is 11.0. The Bertz CT molecular complexity index is 954. The van der Waals surface area contributed by atoms with Crippen LogP contribution in [0, 0.1) is 11.8 Å². The Morgan fingerprint density at radius 2 is 2.12 bits per heavy atom. The highest BCUT2D eigenvalue weighted by atomic mass is 16.5. The highest BCUT2D eigenvalue weighted by Gasteiger charge is 2.38. The molecule has 4 rings (SSSR count). The summed E-state index contributed by atoms with van der Waals surface area (Å²) in [5.41, 5.74) is 2.50. The molecule has 0 saturated carbocycles. The lowest BCUT2D eigenvalue weighted by molar-refractivity contribution is -0.133. The second kappa shape index (κ2) is 9.36. The van der Waals surface area contributed by atoms with Crippen LogP contribution in [0.25, 0.3) is 0 Å². The third-order valence-corrected chi connectivity index (χ3v) is 6.87. The van der Waals surface area contributed by atoms with Crippen LogP contribution in [0.1, 0.15) is 53.6 Å². The molecule has 2 amide bonds. The Kier molecular flexibility index (Phi) is 6.55. The van der Waals surface area contributed by atoms with Crippen LogP contribution in [0.15, 0.2) is 41.9 Å². The maximum Gasteiger partial charge on any atom is 0.251 e. The normalized spacial score (nSPS) is 25.9. The smallest absolute Gasteiger partial charge is 0.251 e. The van der Waals surface area contributed by atoms with E-state index in [-0.39, 0.29) is 24.2 Å². The number of methoxy groups -OCH3 is 2. The summed E-state index contributed by atoms with van der Waals surface area (Å²) in [7, 11) is 3.12. The number of allylic oxidation sites excluding steroid dienone is 1. The van der Waals surface area contributed by atoms with Crippen LogP contribution in [0.5, 0.6) is 0 Å². The van der Waals surface area contributed by atoms with E-state index in [1.165, 1.54) is 0 Å². The van der Waals surface area contributed by atoms with Crippen molar-refractivity contribution in [2.75, 3.05) is 27.3 Å². The molecule has 2 aliphatic heterocycles. The molecule has 2 heterocycles. The Morgan fingerprint density at radius 1 is 1.31 bits per heavy atom. The first kappa shape index (κ1) is 22.4. The van der Waals surface area contributed by atoms with E-state index in [4.69, 9.17) is 9.47 Å². The molecular formula is C25H32N2O5. The van der Waals surface area contributed by atoms with E-state index in [1.54, 1.807) is 26.4 Å². The van der Waals surface area contributed by atoms with Crippen LogP contribution >= 0.6 is 0 Å². The molecule has 1 aromatic rings. The minimum absolute atomic E-state index is 0.0793. The molecule has 4 atom stereocenters. The minimum atomic E-state index is -0.865. The van der Waals surface area contributed by atoms with E-state index in [9.17, 15) is 14.7 Å². The average Bonchev–Trinajstić information content (AvgIpc) is 3.17. The lowest BCUT2D eigenvalue weighted by atomic mass is 9.76. The zero-order valence-electron chi connectivity index (χ0n) is 19.0. The maximum atomic E-state index is 13.4. The van der Waals surface area contributed by atoms with Gasteiger partial charge >= 0.3 is 0 Å². The SMILES string of the molecule is COC1=CC(O)C(C(CC(=O)N2CCCC(C)C2)c2ccc3c(c2)CNC3=O)C(OC)=C1. The molecule has 172 valence electrons. The van der Waals surface area contributed by atoms with Crippen molar-refractivity contribution in [1.29, 1.82) is 0 Å². The van der Waals surface area contributed by atoms with Gasteiger partial charge in [-0.15, -0.1) is 0 Å². The van der Waals surface area contributed by atoms with Crippen LogP contribution in [0.2, 0.25) is 0 Å². The van der Waals surface area contributed by atoms with Crippen LogP contribution < -0.4 is 5.32 Å². The van der Waals surface area contributed by atoms with Gasteiger partial charge in [0.25, 0.3) is 5.91 Å². The second-order valence-electron chi connectivity index (χ2n) is 9.04. The minimum Gasteiger partial charge on any atom is -0.501 e. The van der Waals surface area contributed by atoms with Gasteiger partial charge in [0.2, 0.25) is 5.91 Å². The maximum absolute atomic E-state index is 13.4. The molecule has 4 unspecified atom stereocenters. The molecule has 1 fully saturated rings. The molecule has 3 aliphatic rings. The number of carbonyl (C=O) groups is 2. The second-order valence-corrected chi connectivity index (χ2v) is 9.04. The standard InChI is InChI=1S/C25H32N2O5/c1-15-5-4-8-27(14-15)23(29)12-20(16-6-7-19-17(9-16)13-26-25(19)30)24-21(28)10-18(31-2)11-22(24)32-3/h6-7,9-11,15,20-21,24,28H,4-5,8,12-14H2,1-3H3,(H,26,30). The van der Waals surface area contributed by atoms with E-state index in [0.717, 1.165) is 37.1 Å². The fraction of sp³-hybridized carbons (Fsp3) is 0.520. The largest absolute Gasteiger partial charge is 0.501 e. The number of nitrogens with one attached hydrogen (secondary N) is 1. The van der Waals surface area contributed by atoms with Crippen molar-refractivity contribution in [1.82, 2.24) is 10.2 Å². The lowest BCUT2D eigenvalue weighted by Gasteiger charge is -2.36. The number of rotatable bonds is 6. The molecule has 7 heteroatoms. The van der Waals surface area contributed by atoms with Gasteiger partial charge in [-0.05, 0) is 42.0 Å². The van der Waals surface area contributed by atoms with Crippen LogP contribution in [-0.4, -0.2) is 55.2 Å². The Labute approximate surface area is 189 Å². The van der Waals surface area contributed by atoms with Crippen LogP contribution in [0.3, 0.4) is 0 Å². The molecule has 2 N–H and O–H groups in total. The third-order valence-electron chi connectivity index (χ3n) is 6.87. The summed E-state index contributed by atoms with van der Waals surface area (Å²) in [4.78, 5) is 27.3. The Hall–Kier alpha value is -2.80. The summed E-state index contributed by atoms with van der Waals surface area (Å²) in [5, 5.41) is 13.9. The van der Waals surface area contributed by atoms with E-state index in [1.807, 2.05) is 23.1 Å². The number of benzene rings is 1. The molecule has 1 saturated heterocycles. The van der Waals surface area contributed by atoms with Crippen LogP contribution in [-0.2, 0) is 20.8 Å². The van der Waals surface area contributed by atoms with Crippen molar-refractivity contribution in [3.8, 4) is 0 Å². The molecule has 1 aromatic carbocycles. The zero-order valence-corrected chi connectivity index (χ0v) is 19.0. The number of aliphatic hydroxyl groups is 1. The molecule has 1 aliphatic carbocycles. The van der Waals surface area contributed by atoms with Crippen LogP contribution in [0.4, 0.5) is 0 Å². The van der Waals surface area contributed by atoms with Gasteiger partial charge in [-0.1, -0.05) is 19.1 Å². The first-order chi connectivity index (χ1) is 15.4. The number of amides is 2. The van der Waals surface area contributed by atoms with Gasteiger partial charge in [0.15, 0.2) is 0 Å². The Balaban J connectivity index is 1.68. The van der Waals surface area contributed by atoms with Crippen molar-refractivity contribution in [3.05, 3.63) is 58.6 Å². The van der Waals surface area contributed by atoms with Crippen molar-refractivity contribution in [2.45, 2.75) is 44.8 Å². The predicted octanol–water partition coefficient (Wildman–Crippen LogP) is 2.71. The number of likely N-dealkylation sites (tertiary alicyclic amines) is 1. The number of carbonyl (C=O) groups excluding carboxylic acids is 2. The summed E-state index contributed by atoms with van der Waals surface area (Å²) in [6.07, 6.45) is 4.98. The number of hydrogen-bond donors (Lipinski definition) is 2. The van der Waals surface area contributed by atoms with Gasteiger partial charge in [-0.25, -0.2) is 0 Å². The topological polar surface area (TPSA) is 88.1 Å². The lowest BCUT2D eigenvalue weighted by Crippen LogP contribution is -2.41. The first-order valence-corrected chi connectivity index (χ1v) is 11.3. The molecule has 32 heavy (non-hydrogen) atoms. The highest BCUT2D eigenvalue weighted by Crippen LogP contribution is 2.40. The van der Waals surface area contributed by atoms with Crippen molar-refractivity contribution in [2.24, 2.45) is 11.8 Å². The van der Waals surface area contributed by atoms with Gasteiger partial charge < -0.3 is 24.8 Å². The number of hydrogen-bond acceptors (Lipinski definition) is 5. The van der Waals surface area contributed by atoms with E-state index < -0.39 is 12.0 Å². The van der Waals surface area contributed by atoms with Crippen molar-refractivity contribution < 1.29 is 24.2 Å². The third kappa shape index (κ3) is 4.39. The van der Waals surface area contributed by atoms with Crippen molar-refractivity contribution >= 4 is 11.8 Å². The van der Waals surface area contributed by atoms with E-state index >= 15 is 0 Å². The summed E-state index contributed by atoms with van der Waals surface area (Å²) in [5.74, 6) is 0.861. The van der Waals surface area contributed by atoms with E-state index in [2.05, 4.69) is 12.2 Å². The molecule has 0 aromatic heterocycles. The first-order valence-electron chi connectivity index (χ1n) is 11.3. The molecular weight excluding hydrogens is 408 g/mol. The number of fused-ring (bicyclic) bond motifs is 1. The summed E-state index contributed by atoms with van der Waals surface area (Å²) in [6.45, 7) is 4.18. The fourth-order valence-corrected chi connectivity index (χ4v) is 5.15. The molecule has 7 nitrogen and oxygen atoms in total. The molecule has 0 spiro atoms. The highest BCUT2D eigenvalue weighted by molar-refractivity contribution is 5.98. The number of nitrogens with zero attached hydrogens (tertiary/aromatic N) is 1. The zero-order chi connectivity index (χ0) is 22.8. The average molecular weight is 441 g/mol. The summed E-state index contributed by atoms with van der Waals surface area (Å²) in [6, 6.07) is 5.70. The van der Waals surface area contributed by atoms with Crippen molar-refractivity contribution in [3.63, 3.8) is 0 Å². The van der Waals surface area contributed by atoms with Gasteiger partial charge in [-0.3, -0.25) is 9.59 Å². The number of aliphatic hydroxyl groups excluding tert-OH is 1. The number of ether oxygens (including phenoxy) is 2. The molecule has 0 bridgehead atoms. The van der Waals surface area contributed by atoms with Gasteiger partial charge in [0.1, 0.15) is 11.5 Å². The fourth-order valence-electron chi connectivity index (χ4n) is 5.15. The van der Waals surface area contributed by atoms with Gasteiger partial charge in [-0.2, -0.15) is 0 Å². The summed E-state index contributed by atoms with van der Waals surface area (Å²) >= 11 is 0. The molecule has 0 radical (unpaired) electrons. The van der Waals surface area contributed by atoms with Gasteiger partial charge in [0.05, 0.1) is 26.2 Å². The quantitative estimate of drug-likeness (QED) is 0.710. The van der Waals surface area contributed by atoms with Gasteiger partial charge in [0, 0.05) is 43.6 Å².